The SMILES string of the molecule is COC(=O)C1CCCCN1CCCOc1ccc(Cl)cc1. The summed E-state index contributed by atoms with van der Waals surface area (Å²) in [4.78, 5) is 14.0. The molecule has 0 N–H and O–H groups in total. The lowest BCUT2D eigenvalue weighted by Gasteiger charge is -2.33. The lowest BCUT2D eigenvalue weighted by atomic mass is 10.0. The second-order valence-corrected chi connectivity index (χ2v) is 5.66. The van der Waals surface area contributed by atoms with Crippen LogP contribution < -0.4 is 4.74 Å². The van der Waals surface area contributed by atoms with E-state index in [1.807, 2.05) is 24.3 Å². The third-order valence-electron chi connectivity index (χ3n) is 3.76. The Hall–Kier alpha value is -1.26. The molecule has 1 fully saturated rings. The van der Waals surface area contributed by atoms with Crippen molar-refractivity contribution < 1.29 is 14.3 Å². The molecule has 0 amide bonds. The molecule has 1 heterocycles. The molecule has 5 heteroatoms. The molecule has 0 aliphatic carbocycles. The van der Waals surface area contributed by atoms with E-state index in [0.29, 0.717) is 11.6 Å². The number of piperidine rings is 1. The Morgan fingerprint density at radius 3 is 2.81 bits per heavy atom. The smallest absolute Gasteiger partial charge is 0.323 e. The summed E-state index contributed by atoms with van der Waals surface area (Å²) in [6.45, 7) is 2.44. The molecule has 0 bridgehead atoms. The average Bonchev–Trinajstić information content (AvgIpc) is 2.53. The Morgan fingerprint density at radius 2 is 2.10 bits per heavy atom. The highest BCUT2D eigenvalue weighted by molar-refractivity contribution is 6.30. The average molecular weight is 312 g/mol. The highest BCUT2D eigenvalue weighted by Crippen LogP contribution is 2.19. The monoisotopic (exact) mass is 311 g/mol. The van der Waals surface area contributed by atoms with Crippen LogP contribution in [-0.4, -0.2) is 43.7 Å². The topological polar surface area (TPSA) is 38.8 Å². The number of likely N-dealkylation sites (tertiary alicyclic amines) is 1. The van der Waals surface area contributed by atoms with Crippen molar-refractivity contribution in [2.45, 2.75) is 31.7 Å². The molecule has 1 aromatic carbocycles. The van der Waals surface area contributed by atoms with E-state index in [0.717, 1.165) is 44.5 Å². The minimum atomic E-state index is -0.117. The van der Waals surface area contributed by atoms with Crippen LogP contribution in [0.2, 0.25) is 5.02 Å². The molecule has 1 aromatic rings. The van der Waals surface area contributed by atoms with Gasteiger partial charge in [0.15, 0.2) is 0 Å². The van der Waals surface area contributed by atoms with Gasteiger partial charge in [-0.05, 0) is 50.1 Å². The summed E-state index contributed by atoms with van der Waals surface area (Å²) in [5, 5.41) is 0.705. The van der Waals surface area contributed by atoms with Crippen LogP contribution in [0.5, 0.6) is 5.75 Å². The normalized spacial score (nSPS) is 19.2. The van der Waals surface area contributed by atoms with Crippen molar-refractivity contribution in [2.24, 2.45) is 0 Å². The Kier molecular flexibility index (Phi) is 6.33. The minimum Gasteiger partial charge on any atom is -0.494 e. The van der Waals surface area contributed by atoms with Gasteiger partial charge in [-0.2, -0.15) is 0 Å². The zero-order valence-corrected chi connectivity index (χ0v) is 13.1. The van der Waals surface area contributed by atoms with E-state index < -0.39 is 0 Å². The Balaban J connectivity index is 1.73. The zero-order chi connectivity index (χ0) is 15.1. The van der Waals surface area contributed by atoms with Gasteiger partial charge in [0.2, 0.25) is 0 Å². The van der Waals surface area contributed by atoms with Crippen molar-refractivity contribution in [1.82, 2.24) is 4.90 Å². The van der Waals surface area contributed by atoms with Crippen molar-refractivity contribution >= 4 is 17.6 Å². The van der Waals surface area contributed by atoms with E-state index in [1.165, 1.54) is 7.11 Å². The third-order valence-corrected chi connectivity index (χ3v) is 4.01. The van der Waals surface area contributed by atoms with E-state index in [-0.39, 0.29) is 12.0 Å². The summed E-state index contributed by atoms with van der Waals surface area (Å²) >= 11 is 5.83. The molecule has 2 rings (SSSR count). The number of carbonyl (C=O) groups is 1. The number of nitrogens with zero attached hydrogens (tertiary/aromatic N) is 1. The number of benzene rings is 1. The van der Waals surface area contributed by atoms with Crippen LogP contribution >= 0.6 is 11.6 Å². The maximum atomic E-state index is 11.8. The van der Waals surface area contributed by atoms with Crippen molar-refractivity contribution in [3.63, 3.8) is 0 Å². The summed E-state index contributed by atoms with van der Waals surface area (Å²) in [6, 6.07) is 7.27. The fourth-order valence-corrected chi connectivity index (χ4v) is 2.78. The molecule has 0 saturated carbocycles. The number of carbonyl (C=O) groups excluding carboxylic acids is 1. The van der Waals surface area contributed by atoms with Gasteiger partial charge >= 0.3 is 5.97 Å². The van der Waals surface area contributed by atoms with Gasteiger partial charge in [0, 0.05) is 11.6 Å². The van der Waals surface area contributed by atoms with Crippen LogP contribution in [0.15, 0.2) is 24.3 Å². The van der Waals surface area contributed by atoms with Gasteiger partial charge in [0.25, 0.3) is 0 Å². The number of halogens is 1. The molecule has 1 saturated heterocycles. The fourth-order valence-electron chi connectivity index (χ4n) is 2.65. The number of rotatable bonds is 6. The Bertz CT molecular complexity index is 449. The molecular weight excluding hydrogens is 290 g/mol. The predicted octanol–water partition coefficient (Wildman–Crippen LogP) is 3.14. The van der Waals surface area contributed by atoms with Crippen LogP contribution in [0.1, 0.15) is 25.7 Å². The van der Waals surface area contributed by atoms with E-state index in [2.05, 4.69) is 4.90 Å². The second kappa shape index (κ2) is 8.25. The molecule has 1 unspecified atom stereocenters. The Morgan fingerprint density at radius 1 is 1.33 bits per heavy atom. The standard InChI is InChI=1S/C16H22ClNO3/c1-20-16(19)15-5-2-3-10-18(15)11-4-12-21-14-8-6-13(17)7-9-14/h6-9,15H,2-5,10-12H2,1H3. The molecule has 0 radical (unpaired) electrons. The zero-order valence-electron chi connectivity index (χ0n) is 12.4. The fraction of sp³-hybridized carbons (Fsp3) is 0.562. The quantitative estimate of drug-likeness (QED) is 0.597. The van der Waals surface area contributed by atoms with Gasteiger partial charge in [0.1, 0.15) is 11.8 Å². The van der Waals surface area contributed by atoms with E-state index in [1.54, 1.807) is 0 Å². The van der Waals surface area contributed by atoms with Crippen molar-refractivity contribution in [2.75, 3.05) is 26.8 Å². The molecular formula is C16H22ClNO3. The van der Waals surface area contributed by atoms with Crippen LogP contribution in [0, 0.1) is 0 Å². The summed E-state index contributed by atoms with van der Waals surface area (Å²) in [7, 11) is 1.46. The third kappa shape index (κ3) is 4.90. The van der Waals surface area contributed by atoms with Gasteiger partial charge in [0.05, 0.1) is 13.7 Å². The number of methoxy groups -OCH3 is 1. The molecule has 1 aliphatic heterocycles. The Labute approximate surface area is 131 Å². The van der Waals surface area contributed by atoms with Crippen LogP contribution in [0.4, 0.5) is 0 Å². The van der Waals surface area contributed by atoms with Crippen molar-refractivity contribution in [3.05, 3.63) is 29.3 Å². The molecule has 1 atom stereocenters. The molecule has 0 spiro atoms. The molecule has 4 nitrogen and oxygen atoms in total. The summed E-state index contributed by atoms with van der Waals surface area (Å²) < 4.78 is 10.6. The lowest BCUT2D eigenvalue weighted by molar-refractivity contribution is -0.148. The van der Waals surface area contributed by atoms with Crippen LogP contribution in [0.25, 0.3) is 0 Å². The molecule has 21 heavy (non-hydrogen) atoms. The van der Waals surface area contributed by atoms with E-state index >= 15 is 0 Å². The highest BCUT2D eigenvalue weighted by atomic mass is 35.5. The molecule has 0 aromatic heterocycles. The summed E-state index contributed by atoms with van der Waals surface area (Å²) in [6.07, 6.45) is 4.02. The number of ether oxygens (including phenoxy) is 2. The van der Waals surface area contributed by atoms with Gasteiger partial charge in [-0.3, -0.25) is 9.69 Å². The first-order valence-corrected chi connectivity index (χ1v) is 7.79. The maximum Gasteiger partial charge on any atom is 0.323 e. The lowest BCUT2D eigenvalue weighted by Crippen LogP contribution is -2.45. The number of esters is 1. The van der Waals surface area contributed by atoms with Crippen LogP contribution in [0.3, 0.4) is 0 Å². The second-order valence-electron chi connectivity index (χ2n) is 5.23. The van der Waals surface area contributed by atoms with Gasteiger partial charge < -0.3 is 9.47 Å². The van der Waals surface area contributed by atoms with Crippen molar-refractivity contribution in [1.29, 1.82) is 0 Å². The first-order valence-electron chi connectivity index (χ1n) is 7.41. The minimum absolute atomic E-state index is 0.0840. The van der Waals surface area contributed by atoms with E-state index in [4.69, 9.17) is 21.1 Å². The van der Waals surface area contributed by atoms with Gasteiger partial charge in [-0.1, -0.05) is 18.0 Å². The molecule has 116 valence electrons. The summed E-state index contributed by atoms with van der Waals surface area (Å²) in [5.74, 6) is 0.705. The first kappa shape index (κ1) is 16.1. The van der Waals surface area contributed by atoms with Gasteiger partial charge in [-0.15, -0.1) is 0 Å². The van der Waals surface area contributed by atoms with Crippen LogP contribution in [-0.2, 0) is 9.53 Å². The number of hydrogen-bond acceptors (Lipinski definition) is 4. The summed E-state index contributed by atoms with van der Waals surface area (Å²) in [5.41, 5.74) is 0. The number of hydrogen-bond donors (Lipinski definition) is 0. The largest absolute Gasteiger partial charge is 0.494 e. The van der Waals surface area contributed by atoms with Crippen molar-refractivity contribution in [3.8, 4) is 5.75 Å². The van der Waals surface area contributed by atoms with E-state index in [9.17, 15) is 4.79 Å². The first-order chi connectivity index (χ1) is 10.2. The molecule has 1 aliphatic rings. The maximum absolute atomic E-state index is 11.8. The van der Waals surface area contributed by atoms with Gasteiger partial charge in [-0.25, -0.2) is 0 Å². The predicted molar refractivity (Wildman–Crippen MR) is 82.8 cm³/mol. The highest BCUT2D eigenvalue weighted by Gasteiger charge is 2.28.